The zero-order chi connectivity index (χ0) is 43.2. The maximum atomic E-state index is 13.2. The molecule has 0 aromatic heterocycles. The minimum atomic E-state index is -0.641. The predicted octanol–water partition coefficient (Wildman–Crippen LogP) is 6.80. The van der Waals surface area contributed by atoms with Gasteiger partial charge in [-0.25, -0.2) is 19.2 Å². The van der Waals surface area contributed by atoms with Crippen molar-refractivity contribution in [2.24, 2.45) is 0 Å². The molecule has 0 radical (unpaired) electrons. The molecule has 0 saturated carbocycles. The van der Waals surface area contributed by atoms with Crippen LogP contribution in [0.15, 0.2) is 45.3 Å². The summed E-state index contributed by atoms with van der Waals surface area (Å²) < 4.78 is 59.3. The van der Waals surface area contributed by atoms with Crippen LogP contribution >= 0.6 is 31.9 Å². The van der Waals surface area contributed by atoms with Gasteiger partial charge in [0.25, 0.3) is 0 Å². The van der Waals surface area contributed by atoms with Crippen molar-refractivity contribution in [2.75, 3.05) is 109 Å². The molecule has 0 amide bonds. The van der Waals surface area contributed by atoms with Crippen LogP contribution in [0.2, 0.25) is 0 Å². The highest BCUT2D eigenvalue weighted by atomic mass is 79.9. The Balaban J connectivity index is 2.16. The lowest BCUT2D eigenvalue weighted by Gasteiger charge is -2.15. The van der Waals surface area contributed by atoms with Crippen LogP contribution in [0.1, 0.15) is 63.7 Å². The van der Waals surface area contributed by atoms with E-state index in [9.17, 15) is 19.2 Å². The largest absolute Gasteiger partial charge is 0.496 e. The van der Waals surface area contributed by atoms with Gasteiger partial charge in [-0.1, -0.05) is 24.3 Å². The average Bonchev–Trinajstić information content (AvgIpc) is 3.22. The summed E-state index contributed by atoms with van der Waals surface area (Å²) in [4.78, 5) is 52.5. The molecular weight excluding hydrogens is 904 g/mol. The molecule has 3 rings (SSSR count). The van der Waals surface area contributed by atoms with E-state index >= 15 is 0 Å². The van der Waals surface area contributed by atoms with E-state index in [4.69, 9.17) is 52.1 Å². The molecule has 0 saturated heterocycles. The van der Waals surface area contributed by atoms with E-state index in [0.717, 1.165) is 0 Å². The fraction of sp³-hybridized carbons (Fsp3) is 0.381. The topological polar surface area (TPSA) is 170 Å². The molecule has 0 aliphatic rings. The lowest BCUT2D eigenvalue weighted by molar-refractivity contribution is 0.0375. The second-order valence-electron chi connectivity index (χ2n) is 12.0. The van der Waals surface area contributed by atoms with Crippen molar-refractivity contribution in [2.45, 2.75) is 0 Å². The minimum Gasteiger partial charge on any atom is -0.496 e. The molecule has 3 aromatic rings. The number of methoxy groups -OCH3 is 6. The van der Waals surface area contributed by atoms with Gasteiger partial charge in [-0.3, -0.25) is 0 Å². The Kier molecular flexibility index (Phi) is 21.9. The first kappa shape index (κ1) is 48.7. The summed E-state index contributed by atoms with van der Waals surface area (Å²) in [7, 11) is 9.00. The monoisotopic (exact) mass is 950 g/mol. The summed E-state index contributed by atoms with van der Waals surface area (Å²) in [6, 6.07) is 9.44. The molecule has 3 aromatic carbocycles. The number of esters is 4. The second kappa shape index (κ2) is 26.5. The number of hydrogen-bond acceptors (Lipinski definition) is 15. The van der Waals surface area contributed by atoms with Crippen LogP contribution in [0.25, 0.3) is 24.3 Å². The van der Waals surface area contributed by atoms with Crippen molar-refractivity contribution in [1.29, 1.82) is 0 Å². The van der Waals surface area contributed by atoms with Gasteiger partial charge in [0, 0.05) is 55.6 Å². The number of halogens is 2. The van der Waals surface area contributed by atoms with Crippen molar-refractivity contribution in [1.82, 2.24) is 0 Å². The highest BCUT2D eigenvalue weighted by Crippen LogP contribution is 2.34. The van der Waals surface area contributed by atoms with E-state index in [2.05, 4.69) is 31.9 Å². The maximum Gasteiger partial charge on any atom is 0.339 e. The zero-order valence-electron chi connectivity index (χ0n) is 33.7. The highest BCUT2D eigenvalue weighted by molar-refractivity contribution is 9.10. The first-order valence-electron chi connectivity index (χ1n) is 18.0. The van der Waals surface area contributed by atoms with E-state index in [1.54, 1.807) is 43.5 Å². The van der Waals surface area contributed by atoms with E-state index < -0.39 is 23.9 Å². The Hall–Kier alpha value is -4.62. The highest BCUT2D eigenvalue weighted by Gasteiger charge is 2.22. The molecule has 0 heterocycles. The van der Waals surface area contributed by atoms with Crippen molar-refractivity contribution in [3.63, 3.8) is 0 Å². The quantitative estimate of drug-likeness (QED) is 0.0376. The number of carbonyl (C=O) groups is 4. The van der Waals surface area contributed by atoms with E-state index in [1.807, 2.05) is 0 Å². The standard InChI is InChI=1S/C42H48Br2O15/c1-49-11-16-55-38-24-29(9-7-27-21-33(41(47)58-19-14-52-4)35(43)25-31(27)39(45)56-17-12-50-2)37(54-6)23-30(38)10-8-28-22-34(42(48)59-20-15-53-5)36(44)26-32(28)40(46)57-18-13-51-3/h7-10,21-26H,11-20H2,1-6H3/b9-7+,10-8+. The van der Waals surface area contributed by atoms with Gasteiger partial charge in [0.05, 0.1) is 62.4 Å². The molecule has 0 bridgehead atoms. The smallest absolute Gasteiger partial charge is 0.339 e. The Morgan fingerprint density at radius 2 is 0.729 bits per heavy atom. The van der Waals surface area contributed by atoms with Crippen LogP contribution in [0, 0.1) is 0 Å². The zero-order valence-corrected chi connectivity index (χ0v) is 36.9. The van der Waals surface area contributed by atoms with Gasteiger partial charge in [0.2, 0.25) is 0 Å². The number of carbonyl (C=O) groups excluding carboxylic acids is 4. The third-order valence-corrected chi connectivity index (χ3v) is 9.34. The van der Waals surface area contributed by atoms with E-state index in [0.29, 0.717) is 42.7 Å². The van der Waals surface area contributed by atoms with Crippen LogP contribution in [0.4, 0.5) is 0 Å². The van der Waals surface area contributed by atoms with E-state index in [1.165, 1.54) is 59.8 Å². The maximum absolute atomic E-state index is 13.2. The molecule has 17 heteroatoms. The number of ether oxygens (including phenoxy) is 11. The first-order valence-corrected chi connectivity index (χ1v) is 19.6. The molecule has 0 aliphatic heterocycles. The molecule has 0 atom stereocenters. The fourth-order valence-corrected chi connectivity index (χ4v) is 6.06. The third kappa shape index (κ3) is 15.2. The molecule has 0 N–H and O–H groups in total. The summed E-state index contributed by atoms with van der Waals surface area (Å²) in [6.45, 7) is 1.32. The lowest BCUT2D eigenvalue weighted by Crippen LogP contribution is -2.14. The van der Waals surface area contributed by atoms with Gasteiger partial charge in [0.15, 0.2) is 0 Å². The molecule has 0 fully saturated rings. The van der Waals surface area contributed by atoms with Gasteiger partial charge in [-0.05, 0) is 79.4 Å². The first-order chi connectivity index (χ1) is 28.5. The van der Waals surface area contributed by atoms with Crippen LogP contribution in [0.3, 0.4) is 0 Å². The summed E-state index contributed by atoms with van der Waals surface area (Å²) in [6.07, 6.45) is 6.65. The van der Waals surface area contributed by atoms with E-state index in [-0.39, 0.29) is 88.3 Å². The summed E-state index contributed by atoms with van der Waals surface area (Å²) >= 11 is 6.78. The summed E-state index contributed by atoms with van der Waals surface area (Å²) in [5.74, 6) is -1.74. The molecule has 0 spiro atoms. The average molecular weight is 953 g/mol. The molecule has 320 valence electrons. The fourth-order valence-electron chi connectivity index (χ4n) is 5.05. The Morgan fingerprint density at radius 1 is 0.407 bits per heavy atom. The summed E-state index contributed by atoms with van der Waals surface area (Å²) in [5, 5.41) is 0. The number of hydrogen-bond donors (Lipinski definition) is 0. The third-order valence-electron chi connectivity index (χ3n) is 8.03. The van der Waals surface area contributed by atoms with Crippen molar-refractivity contribution in [3.8, 4) is 11.5 Å². The number of benzene rings is 3. The van der Waals surface area contributed by atoms with Crippen LogP contribution in [0.5, 0.6) is 11.5 Å². The van der Waals surface area contributed by atoms with Gasteiger partial charge < -0.3 is 52.1 Å². The van der Waals surface area contributed by atoms with Crippen LogP contribution in [-0.4, -0.2) is 133 Å². The molecular formula is C42H48Br2O15. The second-order valence-corrected chi connectivity index (χ2v) is 13.7. The Morgan fingerprint density at radius 3 is 1.10 bits per heavy atom. The molecule has 59 heavy (non-hydrogen) atoms. The van der Waals surface area contributed by atoms with Crippen molar-refractivity contribution in [3.05, 3.63) is 89.9 Å². The number of rotatable bonds is 25. The van der Waals surface area contributed by atoms with Crippen LogP contribution < -0.4 is 9.47 Å². The predicted molar refractivity (Wildman–Crippen MR) is 225 cm³/mol. The lowest BCUT2D eigenvalue weighted by atomic mass is 10.00. The van der Waals surface area contributed by atoms with Gasteiger partial charge in [-0.15, -0.1) is 0 Å². The van der Waals surface area contributed by atoms with Crippen molar-refractivity contribution >= 4 is 80.0 Å². The normalized spacial score (nSPS) is 11.2. The SMILES string of the molecule is COCCOC(=O)c1cc(/C=C/c2cc(OCCOC)c(/C=C/c3cc(C(=O)OCCOC)c(Br)cc3C(=O)OCCOC)cc2OC)c(C(=O)OCCOC)cc1Br. The Bertz CT molecular complexity index is 1940. The molecule has 0 aliphatic carbocycles. The minimum absolute atomic E-state index is 0.0110. The Labute approximate surface area is 360 Å². The summed E-state index contributed by atoms with van der Waals surface area (Å²) in [5.41, 5.74) is 2.44. The van der Waals surface area contributed by atoms with Crippen molar-refractivity contribution < 1.29 is 71.3 Å². The van der Waals surface area contributed by atoms with Gasteiger partial charge in [0.1, 0.15) is 44.5 Å². The van der Waals surface area contributed by atoms with Crippen LogP contribution in [-0.2, 0) is 42.6 Å². The van der Waals surface area contributed by atoms with Gasteiger partial charge >= 0.3 is 23.9 Å². The molecule has 15 nitrogen and oxygen atoms in total. The molecule has 0 unspecified atom stereocenters. The van der Waals surface area contributed by atoms with Gasteiger partial charge in [-0.2, -0.15) is 0 Å².